The van der Waals surface area contributed by atoms with E-state index in [9.17, 15) is 0 Å². The van der Waals surface area contributed by atoms with E-state index in [0.717, 1.165) is 5.88 Å². The number of hydrogen-bond donors (Lipinski definition) is 0. The van der Waals surface area contributed by atoms with Gasteiger partial charge in [-0.05, 0) is 0 Å². The summed E-state index contributed by atoms with van der Waals surface area (Å²) in [5.74, 6) is 1.000. The van der Waals surface area contributed by atoms with Gasteiger partial charge >= 0.3 is 0 Å². The summed E-state index contributed by atoms with van der Waals surface area (Å²) < 4.78 is 0. The van der Waals surface area contributed by atoms with Crippen LogP contribution in [0, 0.1) is 0 Å². The van der Waals surface area contributed by atoms with Gasteiger partial charge in [0.25, 0.3) is 0 Å². The van der Waals surface area contributed by atoms with Crippen LogP contribution < -0.4 is 0 Å². The van der Waals surface area contributed by atoms with E-state index in [-0.39, 0.29) is 0 Å². The molecule has 1 saturated heterocycles. The van der Waals surface area contributed by atoms with E-state index in [1.165, 1.54) is 6.45 Å². The fourth-order valence-electron chi connectivity index (χ4n) is 0.0962. The van der Waals surface area contributed by atoms with Crippen molar-refractivity contribution in [1.82, 2.24) is 0 Å². The van der Waals surface area contributed by atoms with Crippen LogP contribution in [0.4, 0.5) is 0 Å². The van der Waals surface area contributed by atoms with Gasteiger partial charge in [-0.25, -0.2) is 0 Å². The first-order valence-electron chi connectivity index (χ1n) is 1.51. The Bertz CT molecular complexity index is 25.2. The lowest BCUT2D eigenvalue weighted by atomic mass is 9.58. The fraction of sp³-hybridized carbons (Fsp3) is 1.00. The Labute approximate surface area is 31.4 Å². The van der Waals surface area contributed by atoms with Gasteiger partial charge in [0.15, 0.2) is 12.3 Å². The number of hydrogen-bond acceptors (Lipinski definition) is 1. The first-order chi connectivity index (χ1) is 1.89. The Balaban J connectivity index is 2.17. The predicted molar refractivity (Wildman–Crippen MR) is 26.4 cm³/mol. The summed E-state index contributed by atoms with van der Waals surface area (Å²) in [7, 11) is 0. The van der Waals surface area contributed by atoms with Crippen molar-refractivity contribution in [3.05, 3.63) is 0 Å². The Morgan fingerprint density at radius 1 is 2.00 bits per heavy atom. The van der Waals surface area contributed by atoms with E-state index in [0.29, 0.717) is 0 Å². The fourth-order valence-corrected chi connectivity index (χ4v) is 0.289. The van der Waals surface area contributed by atoms with Crippen molar-refractivity contribution in [3.63, 3.8) is 0 Å². The molecule has 4 heavy (non-hydrogen) atoms. The third-order valence-corrected chi connectivity index (χ3v) is 1.50. The van der Waals surface area contributed by atoms with Crippen LogP contribution in [-0.4, -0.2) is 12.3 Å². The summed E-state index contributed by atoms with van der Waals surface area (Å²) in [5, 5.41) is 0. The average molecular weight is 69.7 g/mol. The van der Waals surface area contributed by atoms with E-state index in [2.05, 4.69) is 6.82 Å². The highest BCUT2D eigenvalue weighted by atomic mass is 32.2. The van der Waals surface area contributed by atoms with Crippen molar-refractivity contribution in [1.29, 1.82) is 0 Å². The molecule has 0 bridgehead atoms. The van der Waals surface area contributed by atoms with Gasteiger partial charge in [0, 0.05) is 0 Å². The van der Waals surface area contributed by atoms with Crippen LogP contribution in [0.25, 0.3) is 0 Å². The molecular weight excluding hydrogens is 65.7 g/mol. The Hall–Kier alpha value is 0.480. The molecule has 0 nitrogen and oxygen atoms in total. The molecule has 0 aromatic heterocycles. The smallest absolute Gasteiger partial charge is 0.167 e. The summed E-state index contributed by atoms with van der Waals surface area (Å²) in [5.41, 5.74) is 0. The molecule has 0 spiro atoms. The molecule has 0 aliphatic carbocycles. The Morgan fingerprint density at radius 3 is 2.25 bits per heavy atom. The topological polar surface area (TPSA) is 0 Å². The van der Waals surface area contributed by atoms with Crippen molar-refractivity contribution in [2.75, 3.05) is 0 Å². The van der Waals surface area contributed by atoms with Crippen LogP contribution in [-0.2, 0) is 0 Å². The molecule has 1 rings (SSSR count). The normalized spacial score (nSPS) is 19.8. The minimum absolute atomic E-state index is 1.000. The quantitative estimate of drug-likeness (QED) is 0.289. The second-order valence-electron chi connectivity index (χ2n) is 1.14. The molecule has 0 saturated carbocycles. The maximum atomic E-state index is 2.24. The predicted octanol–water partition coefficient (Wildman–Crippen LogP) is 0.203. The van der Waals surface area contributed by atoms with Crippen LogP contribution in [0.1, 0.15) is 0 Å². The van der Waals surface area contributed by atoms with Crippen molar-refractivity contribution >= 4 is 23.8 Å². The van der Waals surface area contributed by atoms with E-state index >= 15 is 0 Å². The maximum Gasteiger partial charge on any atom is 0.167 e. The first-order valence-corrected chi connectivity index (χ1v) is 2.56. The molecule has 1 aliphatic heterocycles. The molecule has 0 N–H and O–H groups in total. The van der Waals surface area contributed by atoms with Gasteiger partial charge in [-0.2, -0.15) is 0 Å². The van der Waals surface area contributed by atoms with Crippen LogP contribution in [0.5, 0.6) is 0 Å². The zero-order valence-electron chi connectivity index (χ0n) is 2.69. The molecule has 0 radical (unpaired) electrons. The van der Waals surface area contributed by atoms with E-state index < -0.39 is 0 Å². The van der Waals surface area contributed by atoms with Crippen molar-refractivity contribution in [2.45, 2.75) is 6.82 Å². The van der Waals surface area contributed by atoms with Crippen LogP contribution in [0.3, 0.4) is 0 Å². The highest BCUT2D eigenvalue weighted by Gasteiger charge is 2.21. The average Bonchev–Trinajstić information content (AvgIpc) is 1.75. The molecule has 0 aromatic carbocycles. The zero-order chi connectivity index (χ0) is 2.99. The first kappa shape index (κ1) is 2.70. The van der Waals surface area contributed by atoms with Crippen molar-refractivity contribution in [3.8, 4) is 0 Å². The lowest BCUT2D eigenvalue weighted by Crippen LogP contribution is -1.70. The largest absolute Gasteiger partial charge is 0.273 e. The molecule has 3 heteroatoms. The lowest BCUT2D eigenvalue weighted by Gasteiger charge is -1.45. The van der Waals surface area contributed by atoms with Gasteiger partial charge < -0.3 is 0 Å². The second-order valence-corrected chi connectivity index (χ2v) is 2.62. The van der Waals surface area contributed by atoms with Crippen LogP contribution in [0.15, 0.2) is 0 Å². The molecule has 20 valence electrons. The molecule has 0 amide bonds. The molecule has 1 fully saturated rings. The summed E-state index contributed by atoms with van der Waals surface area (Å²) in [4.78, 5) is 0. The van der Waals surface area contributed by atoms with E-state index in [1.807, 2.05) is 11.5 Å². The Kier molecular flexibility index (Phi) is 0.482. The SMILES string of the molecule is CB1BS1. The van der Waals surface area contributed by atoms with Gasteiger partial charge in [-0.3, -0.25) is 11.5 Å². The molecule has 0 aromatic rings. The van der Waals surface area contributed by atoms with Gasteiger partial charge in [0.1, 0.15) is 0 Å². The third-order valence-electron chi connectivity index (χ3n) is 0.500. The lowest BCUT2D eigenvalue weighted by molar-refractivity contribution is 2.36. The molecule has 0 atom stereocenters. The third kappa shape index (κ3) is 0.448. The summed E-state index contributed by atoms with van der Waals surface area (Å²) in [6.45, 7) is 2.24. The Morgan fingerprint density at radius 2 is 2.25 bits per heavy atom. The van der Waals surface area contributed by atoms with Crippen LogP contribution >= 0.6 is 11.5 Å². The molecule has 1 aliphatic rings. The number of rotatable bonds is 0. The minimum atomic E-state index is 1.000. The zero-order valence-corrected chi connectivity index (χ0v) is 3.51. The van der Waals surface area contributed by atoms with Crippen molar-refractivity contribution in [2.24, 2.45) is 0 Å². The van der Waals surface area contributed by atoms with Gasteiger partial charge in [0.2, 0.25) is 0 Å². The highest BCUT2D eigenvalue weighted by molar-refractivity contribution is 8.68. The monoisotopic (exact) mass is 70.0 g/mol. The summed E-state index contributed by atoms with van der Waals surface area (Å²) >= 11 is 2.02. The van der Waals surface area contributed by atoms with Crippen molar-refractivity contribution < 1.29 is 0 Å². The van der Waals surface area contributed by atoms with Gasteiger partial charge in [-0.1, -0.05) is 6.82 Å². The van der Waals surface area contributed by atoms with E-state index in [4.69, 9.17) is 0 Å². The summed E-state index contributed by atoms with van der Waals surface area (Å²) in [6.07, 6.45) is 1.40. The molecule has 1 heterocycles. The van der Waals surface area contributed by atoms with E-state index in [1.54, 1.807) is 0 Å². The van der Waals surface area contributed by atoms with Gasteiger partial charge in [-0.15, -0.1) is 0 Å². The van der Waals surface area contributed by atoms with Gasteiger partial charge in [0.05, 0.1) is 0 Å². The maximum absolute atomic E-state index is 2.24. The van der Waals surface area contributed by atoms with Crippen LogP contribution in [0.2, 0.25) is 6.82 Å². The minimum Gasteiger partial charge on any atom is -0.273 e. The summed E-state index contributed by atoms with van der Waals surface area (Å²) in [6, 6.07) is 0. The standard InChI is InChI=1S/CH4B2S/c1-3-2-4-3/h2H,1H3. The molecule has 0 unspecified atom stereocenters. The second kappa shape index (κ2) is 0.713. The highest BCUT2D eigenvalue weighted by Crippen LogP contribution is 2.19. The molecular formula is CH4B2S.